The Bertz CT molecular complexity index is 853. The van der Waals surface area contributed by atoms with Gasteiger partial charge >= 0.3 is 0 Å². The van der Waals surface area contributed by atoms with Gasteiger partial charge in [-0.1, -0.05) is 29.3 Å². The number of benzene rings is 1. The lowest BCUT2D eigenvalue weighted by Gasteiger charge is -2.06. The highest BCUT2D eigenvalue weighted by Gasteiger charge is 2.11. The van der Waals surface area contributed by atoms with Crippen molar-refractivity contribution in [2.24, 2.45) is 5.10 Å². The average molecular weight is 333 g/mol. The summed E-state index contributed by atoms with van der Waals surface area (Å²) in [6.07, 6.45) is 4.99. The smallest absolute Gasteiger partial charge is 0.160 e. The summed E-state index contributed by atoms with van der Waals surface area (Å²) in [6, 6.07) is 8.62. The van der Waals surface area contributed by atoms with Crippen LogP contribution in [0.25, 0.3) is 10.9 Å². The van der Waals surface area contributed by atoms with Gasteiger partial charge in [0, 0.05) is 23.3 Å². The molecule has 0 amide bonds. The first-order valence-electron chi connectivity index (χ1n) is 6.32. The lowest BCUT2D eigenvalue weighted by molar-refractivity contribution is 0.480. The predicted octanol–water partition coefficient (Wildman–Crippen LogP) is 4.09. The molecule has 0 spiro atoms. The van der Waals surface area contributed by atoms with Gasteiger partial charge in [0.05, 0.1) is 16.3 Å². The second-order valence-electron chi connectivity index (χ2n) is 4.44. The second kappa shape index (κ2) is 6.17. The SMILES string of the molecule is Oc1c(Cl)cc(Cl)c2ccc(N/N=C/c3cccnc3)nc12. The van der Waals surface area contributed by atoms with Crippen LogP contribution in [0.4, 0.5) is 5.82 Å². The fourth-order valence-electron chi connectivity index (χ4n) is 1.89. The highest BCUT2D eigenvalue weighted by atomic mass is 35.5. The van der Waals surface area contributed by atoms with E-state index in [-0.39, 0.29) is 10.8 Å². The molecule has 0 unspecified atom stereocenters. The van der Waals surface area contributed by atoms with Crippen molar-refractivity contribution in [3.63, 3.8) is 0 Å². The van der Waals surface area contributed by atoms with Crippen LogP contribution in [0.3, 0.4) is 0 Å². The molecular weight excluding hydrogens is 323 g/mol. The number of aromatic nitrogens is 2. The lowest BCUT2D eigenvalue weighted by atomic mass is 10.2. The summed E-state index contributed by atoms with van der Waals surface area (Å²) in [5, 5.41) is 15.2. The molecule has 0 atom stereocenters. The average Bonchev–Trinajstić information content (AvgIpc) is 2.54. The zero-order valence-corrected chi connectivity index (χ0v) is 12.7. The van der Waals surface area contributed by atoms with E-state index in [0.29, 0.717) is 21.7 Å². The second-order valence-corrected chi connectivity index (χ2v) is 5.25. The minimum Gasteiger partial charge on any atom is -0.504 e. The van der Waals surface area contributed by atoms with Gasteiger partial charge < -0.3 is 5.11 Å². The van der Waals surface area contributed by atoms with E-state index in [4.69, 9.17) is 23.2 Å². The van der Waals surface area contributed by atoms with Crippen molar-refractivity contribution in [3.05, 3.63) is 58.3 Å². The quantitative estimate of drug-likeness (QED) is 0.559. The normalized spacial score (nSPS) is 11.2. The van der Waals surface area contributed by atoms with E-state index in [1.165, 1.54) is 6.07 Å². The van der Waals surface area contributed by atoms with Gasteiger partial charge in [-0.25, -0.2) is 4.98 Å². The first-order valence-corrected chi connectivity index (χ1v) is 7.07. The summed E-state index contributed by atoms with van der Waals surface area (Å²) in [4.78, 5) is 8.25. The summed E-state index contributed by atoms with van der Waals surface area (Å²) in [5.74, 6) is 0.349. The lowest BCUT2D eigenvalue weighted by Crippen LogP contribution is -1.94. The molecule has 2 N–H and O–H groups in total. The van der Waals surface area contributed by atoms with E-state index in [1.54, 1.807) is 30.7 Å². The third kappa shape index (κ3) is 2.95. The summed E-state index contributed by atoms with van der Waals surface area (Å²) in [5.41, 5.74) is 3.95. The van der Waals surface area contributed by atoms with Gasteiger partial charge in [-0.2, -0.15) is 5.10 Å². The molecule has 5 nitrogen and oxygen atoms in total. The Labute approximate surface area is 136 Å². The van der Waals surface area contributed by atoms with Gasteiger partial charge in [-0.3, -0.25) is 10.4 Å². The molecular formula is C15H10Cl2N4O. The molecule has 3 rings (SSSR count). The summed E-state index contributed by atoms with van der Waals surface area (Å²) in [6.45, 7) is 0. The van der Waals surface area contributed by atoms with Crippen LogP contribution >= 0.6 is 23.2 Å². The number of anilines is 1. The van der Waals surface area contributed by atoms with Crippen molar-refractivity contribution < 1.29 is 5.11 Å². The van der Waals surface area contributed by atoms with Gasteiger partial charge in [0.25, 0.3) is 0 Å². The number of phenols is 1. The molecule has 0 aliphatic rings. The van der Waals surface area contributed by atoms with Crippen molar-refractivity contribution in [2.75, 3.05) is 5.43 Å². The largest absolute Gasteiger partial charge is 0.504 e. The molecule has 7 heteroatoms. The molecule has 0 aliphatic carbocycles. The first-order chi connectivity index (χ1) is 10.6. The number of rotatable bonds is 3. The third-order valence-corrected chi connectivity index (χ3v) is 3.53. The number of hydrogen-bond acceptors (Lipinski definition) is 5. The maximum atomic E-state index is 9.98. The van der Waals surface area contributed by atoms with Crippen LogP contribution in [0.5, 0.6) is 5.75 Å². The molecule has 0 saturated carbocycles. The van der Waals surface area contributed by atoms with Gasteiger partial charge in [0.1, 0.15) is 11.3 Å². The van der Waals surface area contributed by atoms with E-state index >= 15 is 0 Å². The number of hydrogen-bond donors (Lipinski definition) is 2. The zero-order chi connectivity index (χ0) is 15.5. The van der Waals surface area contributed by atoms with Crippen molar-refractivity contribution >= 4 is 46.1 Å². The Kier molecular flexibility index (Phi) is 4.09. The summed E-state index contributed by atoms with van der Waals surface area (Å²) in [7, 11) is 0. The summed E-state index contributed by atoms with van der Waals surface area (Å²) < 4.78 is 0. The molecule has 110 valence electrons. The molecule has 0 bridgehead atoms. The molecule has 0 saturated heterocycles. The fourth-order valence-corrected chi connectivity index (χ4v) is 2.41. The van der Waals surface area contributed by atoms with Crippen LogP contribution in [0.15, 0.2) is 47.8 Å². The third-order valence-electron chi connectivity index (χ3n) is 2.93. The number of nitrogens with one attached hydrogen (secondary N) is 1. The summed E-state index contributed by atoms with van der Waals surface area (Å²) >= 11 is 12.0. The molecule has 0 fully saturated rings. The molecule has 22 heavy (non-hydrogen) atoms. The minimum absolute atomic E-state index is 0.110. The highest BCUT2D eigenvalue weighted by molar-refractivity contribution is 6.39. The van der Waals surface area contributed by atoms with E-state index < -0.39 is 0 Å². The molecule has 3 aromatic rings. The Morgan fingerprint density at radius 1 is 1.18 bits per heavy atom. The van der Waals surface area contributed by atoms with Crippen LogP contribution in [-0.2, 0) is 0 Å². The Balaban J connectivity index is 1.89. The molecule has 2 aromatic heterocycles. The van der Waals surface area contributed by atoms with Gasteiger partial charge in [-0.05, 0) is 24.3 Å². The molecule has 0 radical (unpaired) electrons. The fraction of sp³-hybridized carbons (Fsp3) is 0. The Hall–Kier alpha value is -2.37. The predicted molar refractivity (Wildman–Crippen MR) is 88.9 cm³/mol. The van der Waals surface area contributed by atoms with Crippen LogP contribution in [-0.4, -0.2) is 21.3 Å². The number of phenolic OH excluding ortho intramolecular Hbond substituents is 1. The van der Waals surface area contributed by atoms with Crippen molar-refractivity contribution in [1.29, 1.82) is 0 Å². The van der Waals surface area contributed by atoms with Crippen molar-refractivity contribution in [1.82, 2.24) is 9.97 Å². The van der Waals surface area contributed by atoms with Crippen LogP contribution in [0, 0.1) is 0 Å². The molecule has 0 aliphatic heterocycles. The number of hydrazone groups is 1. The van der Waals surface area contributed by atoms with Gasteiger partial charge in [-0.15, -0.1) is 0 Å². The molecule has 1 aromatic carbocycles. The van der Waals surface area contributed by atoms with Gasteiger partial charge in [0.2, 0.25) is 0 Å². The zero-order valence-electron chi connectivity index (χ0n) is 11.2. The van der Waals surface area contributed by atoms with Crippen LogP contribution in [0.2, 0.25) is 10.0 Å². The number of fused-ring (bicyclic) bond motifs is 1. The van der Waals surface area contributed by atoms with Crippen molar-refractivity contribution in [2.45, 2.75) is 0 Å². The van der Waals surface area contributed by atoms with E-state index in [0.717, 1.165) is 5.56 Å². The Morgan fingerprint density at radius 3 is 2.82 bits per heavy atom. The Morgan fingerprint density at radius 2 is 2.05 bits per heavy atom. The minimum atomic E-state index is -0.110. The first kappa shape index (κ1) is 14.6. The maximum Gasteiger partial charge on any atom is 0.160 e. The monoisotopic (exact) mass is 332 g/mol. The van der Waals surface area contributed by atoms with Crippen LogP contribution in [0.1, 0.15) is 5.56 Å². The standard InChI is InChI=1S/C15H10Cl2N4O/c16-11-6-12(17)15(22)14-10(11)3-4-13(20-14)21-19-8-9-2-1-5-18-7-9/h1-8,22H,(H,20,21)/b19-8+. The highest BCUT2D eigenvalue weighted by Crippen LogP contribution is 2.36. The van der Waals surface area contributed by atoms with E-state index in [1.807, 2.05) is 12.1 Å². The molecule has 2 heterocycles. The van der Waals surface area contributed by atoms with E-state index in [2.05, 4.69) is 20.5 Å². The topological polar surface area (TPSA) is 70.4 Å². The number of nitrogens with zero attached hydrogens (tertiary/aromatic N) is 3. The van der Waals surface area contributed by atoms with E-state index in [9.17, 15) is 5.11 Å². The maximum absolute atomic E-state index is 9.98. The van der Waals surface area contributed by atoms with Crippen LogP contribution < -0.4 is 5.43 Å². The number of halogens is 2. The number of aromatic hydroxyl groups is 1. The number of pyridine rings is 2. The van der Waals surface area contributed by atoms with Gasteiger partial charge in [0.15, 0.2) is 5.75 Å². The van der Waals surface area contributed by atoms with Crippen molar-refractivity contribution in [3.8, 4) is 5.75 Å².